The van der Waals surface area contributed by atoms with Crippen molar-refractivity contribution in [3.8, 4) is 0 Å². The van der Waals surface area contributed by atoms with Gasteiger partial charge in [0.15, 0.2) is 5.96 Å². The fourth-order valence-corrected chi connectivity index (χ4v) is 3.02. The minimum Gasteiger partial charge on any atom is -0.356 e. The molecule has 2 N–H and O–H groups in total. The van der Waals surface area contributed by atoms with Gasteiger partial charge in [0, 0.05) is 27.2 Å². The summed E-state index contributed by atoms with van der Waals surface area (Å²) in [5.41, 5.74) is 0. The van der Waals surface area contributed by atoms with Gasteiger partial charge in [0.05, 0.1) is 6.54 Å². The van der Waals surface area contributed by atoms with Crippen LogP contribution in [0.15, 0.2) is 11.3 Å². The van der Waals surface area contributed by atoms with Crippen LogP contribution in [-0.4, -0.2) is 58.9 Å². The van der Waals surface area contributed by atoms with Gasteiger partial charge in [-0.1, -0.05) is 6.92 Å². The molecule has 23 heavy (non-hydrogen) atoms. The van der Waals surface area contributed by atoms with Crippen LogP contribution >= 0.6 is 0 Å². The molecule has 0 saturated carbocycles. The molecule has 130 valence electrons. The predicted molar refractivity (Wildman–Crippen MR) is 93.3 cm³/mol. The number of nitrogens with one attached hydrogen (secondary N) is 2. The molecule has 0 radical (unpaired) electrons. The van der Waals surface area contributed by atoms with E-state index in [0.29, 0.717) is 6.54 Å². The van der Waals surface area contributed by atoms with E-state index in [-0.39, 0.29) is 0 Å². The molecule has 1 saturated heterocycles. The number of aromatic nitrogens is 3. The molecular formula is C16H31N7. The van der Waals surface area contributed by atoms with Crippen molar-refractivity contribution < 1.29 is 0 Å². The molecule has 2 heterocycles. The van der Waals surface area contributed by atoms with Crippen molar-refractivity contribution in [2.75, 3.05) is 33.2 Å². The molecule has 0 aliphatic carbocycles. The Kier molecular flexibility index (Phi) is 7.32. The Balaban J connectivity index is 1.56. The zero-order valence-electron chi connectivity index (χ0n) is 14.8. The number of nitrogens with zero attached hydrogens (tertiary/aromatic N) is 5. The number of rotatable bonds is 7. The van der Waals surface area contributed by atoms with Gasteiger partial charge in [0.2, 0.25) is 0 Å². The van der Waals surface area contributed by atoms with Crippen molar-refractivity contribution in [2.24, 2.45) is 18.0 Å². The predicted octanol–water partition coefficient (Wildman–Crippen LogP) is 0.992. The quantitative estimate of drug-likeness (QED) is 0.445. The third-order valence-electron chi connectivity index (χ3n) is 4.38. The van der Waals surface area contributed by atoms with Gasteiger partial charge in [0.1, 0.15) is 12.2 Å². The SMILES string of the molecule is CN=C(NCCCCN1CCCC(C)C1)NCc1ncnn1C. The highest BCUT2D eigenvalue weighted by Gasteiger charge is 2.15. The molecule has 1 aliphatic heterocycles. The fourth-order valence-electron chi connectivity index (χ4n) is 3.02. The van der Waals surface area contributed by atoms with Crippen LogP contribution < -0.4 is 10.6 Å². The minimum atomic E-state index is 0.627. The summed E-state index contributed by atoms with van der Waals surface area (Å²) in [5.74, 6) is 2.58. The summed E-state index contributed by atoms with van der Waals surface area (Å²) in [7, 11) is 3.68. The van der Waals surface area contributed by atoms with Crippen molar-refractivity contribution in [1.82, 2.24) is 30.3 Å². The molecule has 7 heteroatoms. The summed E-state index contributed by atoms with van der Waals surface area (Å²) in [6.45, 7) is 7.70. The third kappa shape index (κ3) is 6.17. The monoisotopic (exact) mass is 321 g/mol. The Hall–Kier alpha value is -1.63. The Morgan fingerprint density at radius 2 is 2.26 bits per heavy atom. The first kappa shape index (κ1) is 17.7. The highest BCUT2D eigenvalue weighted by molar-refractivity contribution is 5.79. The number of hydrogen-bond donors (Lipinski definition) is 2. The second kappa shape index (κ2) is 9.50. The maximum atomic E-state index is 4.24. The molecule has 1 unspecified atom stereocenters. The van der Waals surface area contributed by atoms with Gasteiger partial charge in [-0.15, -0.1) is 0 Å². The molecule has 0 amide bonds. The lowest BCUT2D eigenvalue weighted by molar-refractivity contribution is 0.181. The first-order valence-corrected chi connectivity index (χ1v) is 8.68. The molecule has 2 rings (SSSR count). The molecule has 1 aliphatic rings. The average molecular weight is 321 g/mol. The molecule has 0 spiro atoms. The first-order valence-electron chi connectivity index (χ1n) is 8.68. The lowest BCUT2D eigenvalue weighted by Gasteiger charge is -2.30. The van der Waals surface area contributed by atoms with E-state index in [0.717, 1.165) is 30.7 Å². The van der Waals surface area contributed by atoms with Gasteiger partial charge in [-0.2, -0.15) is 5.10 Å². The van der Waals surface area contributed by atoms with Crippen molar-refractivity contribution in [2.45, 2.75) is 39.2 Å². The van der Waals surface area contributed by atoms with Crippen LogP contribution in [0.25, 0.3) is 0 Å². The summed E-state index contributed by atoms with van der Waals surface area (Å²) in [4.78, 5) is 11.0. The molecule has 1 fully saturated rings. The number of guanidine groups is 1. The Labute approximate surface area is 139 Å². The van der Waals surface area contributed by atoms with Gasteiger partial charge in [-0.25, -0.2) is 4.98 Å². The number of aliphatic imine (C=N–C) groups is 1. The lowest BCUT2D eigenvalue weighted by Crippen LogP contribution is -2.38. The summed E-state index contributed by atoms with van der Waals surface area (Å²) in [6.07, 6.45) is 6.72. The first-order chi connectivity index (χ1) is 11.2. The van der Waals surface area contributed by atoms with Crippen molar-refractivity contribution in [3.63, 3.8) is 0 Å². The molecule has 1 atom stereocenters. The van der Waals surface area contributed by atoms with E-state index in [1.165, 1.54) is 38.9 Å². The second-order valence-corrected chi connectivity index (χ2v) is 6.41. The van der Waals surface area contributed by atoms with Crippen molar-refractivity contribution in [3.05, 3.63) is 12.2 Å². The van der Waals surface area contributed by atoms with E-state index >= 15 is 0 Å². The maximum absolute atomic E-state index is 4.24. The van der Waals surface area contributed by atoms with E-state index < -0.39 is 0 Å². The highest BCUT2D eigenvalue weighted by atomic mass is 15.3. The summed E-state index contributed by atoms with van der Waals surface area (Å²) >= 11 is 0. The number of likely N-dealkylation sites (tertiary alicyclic amines) is 1. The number of hydrogen-bond acceptors (Lipinski definition) is 4. The van der Waals surface area contributed by atoms with E-state index in [4.69, 9.17) is 0 Å². The Morgan fingerprint density at radius 1 is 1.39 bits per heavy atom. The zero-order valence-corrected chi connectivity index (χ0v) is 14.8. The normalized spacial score (nSPS) is 19.8. The second-order valence-electron chi connectivity index (χ2n) is 6.41. The zero-order chi connectivity index (χ0) is 16.5. The summed E-state index contributed by atoms with van der Waals surface area (Å²) < 4.78 is 1.76. The van der Waals surface area contributed by atoms with Crippen LogP contribution in [0.5, 0.6) is 0 Å². The molecule has 0 bridgehead atoms. The van der Waals surface area contributed by atoms with Crippen LogP contribution in [0.2, 0.25) is 0 Å². The maximum Gasteiger partial charge on any atom is 0.191 e. The lowest BCUT2D eigenvalue weighted by atomic mass is 10.0. The number of unbranched alkanes of at least 4 members (excludes halogenated alkanes) is 1. The van der Waals surface area contributed by atoms with Crippen molar-refractivity contribution >= 4 is 5.96 Å². The topological polar surface area (TPSA) is 70.4 Å². The van der Waals surface area contributed by atoms with E-state index in [1.807, 2.05) is 7.05 Å². The largest absolute Gasteiger partial charge is 0.356 e. The molecule has 1 aromatic rings. The highest BCUT2D eigenvalue weighted by Crippen LogP contribution is 2.15. The van der Waals surface area contributed by atoms with E-state index in [1.54, 1.807) is 18.1 Å². The standard InChI is InChI=1S/C16H31N7/c1-14-7-6-10-23(12-14)9-5-4-8-18-16(17-2)19-11-15-20-13-21-22(15)3/h13-14H,4-12H2,1-3H3,(H2,17,18,19). The van der Waals surface area contributed by atoms with Gasteiger partial charge in [0.25, 0.3) is 0 Å². The van der Waals surface area contributed by atoms with E-state index in [9.17, 15) is 0 Å². The summed E-state index contributed by atoms with van der Waals surface area (Å²) in [6, 6.07) is 0. The van der Waals surface area contributed by atoms with Crippen LogP contribution in [0.3, 0.4) is 0 Å². The van der Waals surface area contributed by atoms with Crippen LogP contribution in [0.1, 0.15) is 38.4 Å². The number of piperidine rings is 1. The van der Waals surface area contributed by atoms with Crippen LogP contribution in [-0.2, 0) is 13.6 Å². The third-order valence-corrected chi connectivity index (χ3v) is 4.38. The molecule has 1 aromatic heterocycles. The van der Waals surface area contributed by atoms with Gasteiger partial charge < -0.3 is 15.5 Å². The van der Waals surface area contributed by atoms with Crippen LogP contribution in [0, 0.1) is 5.92 Å². The van der Waals surface area contributed by atoms with Gasteiger partial charge in [-0.05, 0) is 44.7 Å². The van der Waals surface area contributed by atoms with E-state index in [2.05, 4.69) is 37.5 Å². The molecule has 0 aromatic carbocycles. The van der Waals surface area contributed by atoms with Crippen molar-refractivity contribution in [1.29, 1.82) is 0 Å². The average Bonchev–Trinajstić information content (AvgIpc) is 2.95. The smallest absolute Gasteiger partial charge is 0.191 e. The summed E-state index contributed by atoms with van der Waals surface area (Å²) in [5, 5.41) is 10.7. The molecular weight excluding hydrogens is 290 g/mol. The minimum absolute atomic E-state index is 0.627. The Bertz CT molecular complexity index is 483. The van der Waals surface area contributed by atoms with Crippen LogP contribution in [0.4, 0.5) is 0 Å². The van der Waals surface area contributed by atoms with Gasteiger partial charge in [-0.3, -0.25) is 9.67 Å². The fraction of sp³-hybridized carbons (Fsp3) is 0.812. The van der Waals surface area contributed by atoms with Gasteiger partial charge >= 0.3 is 0 Å². The molecule has 7 nitrogen and oxygen atoms in total. The Morgan fingerprint density at radius 3 is 2.96 bits per heavy atom. The number of aryl methyl sites for hydroxylation is 1.